The van der Waals surface area contributed by atoms with E-state index in [0.717, 1.165) is 12.1 Å². The van der Waals surface area contributed by atoms with Crippen molar-refractivity contribution in [2.24, 2.45) is 5.73 Å². The lowest BCUT2D eigenvalue weighted by Gasteiger charge is -2.24. The van der Waals surface area contributed by atoms with Gasteiger partial charge in [0.15, 0.2) is 11.6 Å². The summed E-state index contributed by atoms with van der Waals surface area (Å²) in [7, 11) is 0. The molecule has 0 aliphatic heterocycles. The molecule has 0 radical (unpaired) electrons. The zero-order chi connectivity index (χ0) is 15.6. The minimum Gasteiger partial charge on any atom is -0.389 e. The van der Waals surface area contributed by atoms with Gasteiger partial charge in [0.2, 0.25) is 0 Å². The van der Waals surface area contributed by atoms with Gasteiger partial charge < -0.3 is 10.6 Å². The number of nitrogens with two attached hydrogens (primary N) is 1. The summed E-state index contributed by atoms with van der Waals surface area (Å²) < 4.78 is 41.4. The van der Waals surface area contributed by atoms with Gasteiger partial charge in [-0.2, -0.15) is 0 Å². The van der Waals surface area contributed by atoms with Gasteiger partial charge >= 0.3 is 0 Å². The smallest absolute Gasteiger partial charge is 0.150 e. The van der Waals surface area contributed by atoms with E-state index in [1.165, 1.54) is 29.2 Å². The number of nitrogens with zero attached hydrogens (tertiary/aromatic N) is 1. The largest absolute Gasteiger partial charge is 0.389 e. The highest BCUT2D eigenvalue weighted by atomic mass is 32.1. The van der Waals surface area contributed by atoms with Crippen molar-refractivity contribution in [1.82, 2.24) is 0 Å². The van der Waals surface area contributed by atoms with E-state index in [-0.39, 0.29) is 16.2 Å². The molecule has 0 atom stereocenters. The van der Waals surface area contributed by atoms with Gasteiger partial charge in [0.1, 0.15) is 16.5 Å². The van der Waals surface area contributed by atoms with E-state index in [4.69, 9.17) is 18.0 Å². The number of anilines is 2. The highest BCUT2D eigenvalue weighted by Crippen LogP contribution is 2.31. The molecule has 2 aromatic carbocycles. The molecule has 0 fully saturated rings. The van der Waals surface area contributed by atoms with E-state index in [0.29, 0.717) is 12.2 Å². The molecule has 0 saturated heterocycles. The Morgan fingerprint density at radius 2 is 1.62 bits per heavy atom. The summed E-state index contributed by atoms with van der Waals surface area (Å²) in [5, 5.41) is 0. The second-order valence-corrected chi connectivity index (χ2v) is 4.81. The molecule has 0 aliphatic carbocycles. The maximum Gasteiger partial charge on any atom is 0.150 e. The Kier molecular flexibility index (Phi) is 4.47. The van der Waals surface area contributed by atoms with Crippen molar-refractivity contribution in [3.63, 3.8) is 0 Å². The molecular weight excluding hydrogens is 297 g/mol. The Labute approximate surface area is 126 Å². The van der Waals surface area contributed by atoms with Crippen LogP contribution in [0.2, 0.25) is 0 Å². The number of thiocarbonyl (C=S) groups is 1. The molecule has 0 amide bonds. The molecule has 0 saturated carbocycles. The van der Waals surface area contributed by atoms with Gasteiger partial charge in [-0.1, -0.05) is 12.2 Å². The van der Waals surface area contributed by atoms with Crippen molar-refractivity contribution in [3.8, 4) is 0 Å². The van der Waals surface area contributed by atoms with Crippen molar-refractivity contribution in [3.05, 3.63) is 59.4 Å². The quantitative estimate of drug-likeness (QED) is 0.869. The third-order valence-corrected chi connectivity index (χ3v) is 3.26. The van der Waals surface area contributed by atoms with Crippen molar-refractivity contribution >= 4 is 28.6 Å². The van der Waals surface area contributed by atoms with E-state index in [1.54, 1.807) is 6.92 Å². The molecule has 2 N–H and O–H groups in total. The van der Waals surface area contributed by atoms with Gasteiger partial charge in [-0.05, 0) is 43.3 Å². The first-order valence-electron chi connectivity index (χ1n) is 6.26. The van der Waals surface area contributed by atoms with Gasteiger partial charge in [-0.15, -0.1) is 0 Å². The first kappa shape index (κ1) is 15.3. The molecule has 110 valence electrons. The third-order valence-electron chi connectivity index (χ3n) is 3.03. The van der Waals surface area contributed by atoms with Crippen LogP contribution < -0.4 is 10.6 Å². The van der Waals surface area contributed by atoms with Crippen LogP contribution >= 0.6 is 12.2 Å². The first-order valence-corrected chi connectivity index (χ1v) is 6.66. The van der Waals surface area contributed by atoms with Crippen LogP contribution in [0.4, 0.5) is 24.5 Å². The molecule has 0 unspecified atom stereocenters. The van der Waals surface area contributed by atoms with Crippen molar-refractivity contribution in [2.75, 3.05) is 11.4 Å². The molecule has 21 heavy (non-hydrogen) atoms. The Bertz CT molecular complexity index is 648. The average Bonchev–Trinajstić information content (AvgIpc) is 2.43. The van der Waals surface area contributed by atoms with E-state index in [2.05, 4.69) is 0 Å². The minimum absolute atomic E-state index is 0.0795. The van der Waals surface area contributed by atoms with Crippen LogP contribution in [0.15, 0.2) is 36.4 Å². The summed E-state index contributed by atoms with van der Waals surface area (Å²) in [6.07, 6.45) is 0. The summed E-state index contributed by atoms with van der Waals surface area (Å²) in [4.78, 5) is 1.33. The molecule has 0 spiro atoms. The van der Waals surface area contributed by atoms with Crippen molar-refractivity contribution < 1.29 is 13.2 Å². The molecule has 2 rings (SSSR count). The van der Waals surface area contributed by atoms with E-state index < -0.39 is 17.5 Å². The predicted molar refractivity (Wildman–Crippen MR) is 81.3 cm³/mol. The van der Waals surface area contributed by atoms with Crippen LogP contribution in [0, 0.1) is 17.5 Å². The van der Waals surface area contributed by atoms with Crippen LogP contribution in [0.1, 0.15) is 12.5 Å². The van der Waals surface area contributed by atoms with Gasteiger partial charge in [-0.3, -0.25) is 0 Å². The van der Waals surface area contributed by atoms with Crippen molar-refractivity contribution in [2.45, 2.75) is 6.92 Å². The fraction of sp³-hybridized carbons (Fsp3) is 0.133. The van der Waals surface area contributed by atoms with Gasteiger partial charge in [-0.25, -0.2) is 13.2 Å². The van der Waals surface area contributed by atoms with Gasteiger partial charge in [0.05, 0.1) is 0 Å². The lowest BCUT2D eigenvalue weighted by atomic mass is 10.1. The predicted octanol–water partition coefficient (Wildman–Crippen LogP) is 3.90. The number of hydrogen-bond acceptors (Lipinski definition) is 2. The van der Waals surface area contributed by atoms with Crippen LogP contribution in [0.5, 0.6) is 0 Å². The number of benzene rings is 2. The summed E-state index contributed by atoms with van der Waals surface area (Å²) in [6.45, 7) is 2.05. The summed E-state index contributed by atoms with van der Waals surface area (Å²) in [5.41, 5.74) is 5.77. The molecule has 2 aromatic rings. The lowest BCUT2D eigenvalue weighted by molar-refractivity contribution is 0.580. The fourth-order valence-corrected chi connectivity index (χ4v) is 2.17. The molecule has 0 bridgehead atoms. The first-order chi connectivity index (χ1) is 9.93. The van der Waals surface area contributed by atoms with E-state index >= 15 is 0 Å². The molecular formula is C15H13F3N2S. The maximum absolute atomic E-state index is 14.2. The minimum atomic E-state index is -0.774. The normalized spacial score (nSPS) is 10.5. The maximum atomic E-state index is 14.2. The number of halogens is 3. The highest BCUT2D eigenvalue weighted by Gasteiger charge is 2.19. The van der Waals surface area contributed by atoms with Crippen molar-refractivity contribution in [1.29, 1.82) is 0 Å². The van der Waals surface area contributed by atoms with Crippen LogP contribution in [-0.4, -0.2) is 11.5 Å². The SMILES string of the molecule is CCN(c1ccc(F)cc1)c1c(F)cc(C(N)=S)cc1F. The van der Waals surface area contributed by atoms with E-state index in [9.17, 15) is 13.2 Å². The standard InChI is InChI=1S/C15H13F3N2S/c1-2-20(11-5-3-10(16)4-6-11)14-12(17)7-9(15(19)21)8-13(14)18/h3-8H,2H2,1H3,(H2,19,21). The van der Waals surface area contributed by atoms with Crippen LogP contribution in [-0.2, 0) is 0 Å². The zero-order valence-electron chi connectivity index (χ0n) is 11.2. The second kappa shape index (κ2) is 6.13. The van der Waals surface area contributed by atoms with Crippen LogP contribution in [0.3, 0.4) is 0 Å². The molecule has 6 heteroatoms. The fourth-order valence-electron chi connectivity index (χ4n) is 2.06. The molecule has 0 aliphatic rings. The Balaban J connectivity index is 2.52. The average molecular weight is 310 g/mol. The monoisotopic (exact) mass is 310 g/mol. The topological polar surface area (TPSA) is 29.3 Å². The molecule has 0 heterocycles. The van der Waals surface area contributed by atoms with Crippen LogP contribution in [0.25, 0.3) is 0 Å². The highest BCUT2D eigenvalue weighted by molar-refractivity contribution is 7.80. The lowest BCUT2D eigenvalue weighted by Crippen LogP contribution is -2.20. The second-order valence-electron chi connectivity index (χ2n) is 4.37. The molecule has 0 aromatic heterocycles. The Morgan fingerprint density at radius 3 is 2.05 bits per heavy atom. The van der Waals surface area contributed by atoms with Gasteiger partial charge in [0, 0.05) is 17.8 Å². The summed E-state index contributed by atoms with van der Waals surface area (Å²) in [6, 6.07) is 7.56. The molecule has 2 nitrogen and oxygen atoms in total. The van der Waals surface area contributed by atoms with Gasteiger partial charge in [0.25, 0.3) is 0 Å². The number of hydrogen-bond donors (Lipinski definition) is 1. The number of rotatable bonds is 4. The van der Waals surface area contributed by atoms with E-state index in [1.807, 2.05) is 0 Å². The zero-order valence-corrected chi connectivity index (χ0v) is 12.1. The Hall–Kier alpha value is -2.08. The third kappa shape index (κ3) is 3.16. The summed E-state index contributed by atoms with van der Waals surface area (Å²) >= 11 is 4.72. The Morgan fingerprint density at radius 1 is 1.10 bits per heavy atom. The summed E-state index contributed by atoms with van der Waals surface area (Å²) in [5.74, 6) is -1.97.